The van der Waals surface area contributed by atoms with E-state index in [4.69, 9.17) is 11.6 Å². The topological polar surface area (TPSA) is 20.3 Å². The number of carbonyl (C=O) groups is 1. The molecule has 5 heteroatoms. The summed E-state index contributed by atoms with van der Waals surface area (Å²) in [7, 11) is 0. The summed E-state index contributed by atoms with van der Waals surface area (Å²) in [5.41, 5.74) is 0.293. The minimum atomic E-state index is -0.414. The van der Waals surface area contributed by atoms with Crippen LogP contribution in [0.4, 0.5) is 4.39 Å². The first-order chi connectivity index (χ1) is 10.2. The van der Waals surface area contributed by atoms with Crippen molar-refractivity contribution in [1.82, 2.24) is 4.90 Å². The molecule has 1 amide bonds. The number of rotatable bonds is 3. The van der Waals surface area contributed by atoms with Gasteiger partial charge in [0.05, 0.1) is 12.5 Å². The van der Waals surface area contributed by atoms with E-state index in [-0.39, 0.29) is 18.4 Å². The molecular weight excluding hydrogens is 309 g/mol. The lowest BCUT2D eigenvalue weighted by atomic mass is 10.1. The first-order valence-corrected chi connectivity index (χ1v) is 8.18. The van der Waals surface area contributed by atoms with Crippen LogP contribution in [-0.4, -0.2) is 17.4 Å². The van der Waals surface area contributed by atoms with Crippen molar-refractivity contribution in [1.29, 1.82) is 0 Å². The summed E-state index contributed by atoms with van der Waals surface area (Å²) in [6.07, 6.45) is 1.98. The lowest BCUT2D eigenvalue weighted by molar-refractivity contribution is -0.131. The fourth-order valence-electron chi connectivity index (χ4n) is 2.80. The minimum Gasteiger partial charge on any atom is -0.335 e. The summed E-state index contributed by atoms with van der Waals surface area (Å²) in [6, 6.07) is 8.69. The van der Waals surface area contributed by atoms with Crippen molar-refractivity contribution in [2.24, 2.45) is 0 Å². The summed E-state index contributed by atoms with van der Waals surface area (Å²) in [5, 5.41) is 2.33. The molecule has 1 atom stereocenters. The average Bonchev–Trinajstić information content (AvgIpc) is 3.12. The van der Waals surface area contributed by atoms with Crippen LogP contribution in [0.2, 0.25) is 5.02 Å². The van der Waals surface area contributed by atoms with Gasteiger partial charge in [0.2, 0.25) is 5.91 Å². The molecule has 110 valence electrons. The zero-order valence-electron chi connectivity index (χ0n) is 11.4. The molecule has 3 rings (SSSR count). The molecule has 0 bridgehead atoms. The molecule has 2 heterocycles. The maximum Gasteiger partial charge on any atom is 0.227 e. The summed E-state index contributed by atoms with van der Waals surface area (Å²) in [6.45, 7) is 0.730. The monoisotopic (exact) mass is 323 g/mol. The van der Waals surface area contributed by atoms with E-state index in [0.717, 1.165) is 19.4 Å². The molecular formula is C16H15ClFNOS. The molecule has 2 aromatic rings. The summed E-state index contributed by atoms with van der Waals surface area (Å²) < 4.78 is 13.8. The normalized spacial score (nSPS) is 18.2. The number of hydrogen-bond acceptors (Lipinski definition) is 2. The van der Waals surface area contributed by atoms with Crippen molar-refractivity contribution < 1.29 is 9.18 Å². The first kappa shape index (κ1) is 14.5. The van der Waals surface area contributed by atoms with E-state index in [9.17, 15) is 9.18 Å². The van der Waals surface area contributed by atoms with E-state index in [1.807, 2.05) is 16.3 Å². The lowest BCUT2D eigenvalue weighted by Crippen LogP contribution is -2.31. The molecule has 0 saturated carbocycles. The molecule has 1 unspecified atom stereocenters. The highest BCUT2D eigenvalue weighted by Crippen LogP contribution is 2.35. The molecule has 2 nitrogen and oxygen atoms in total. The van der Waals surface area contributed by atoms with Crippen molar-refractivity contribution in [2.45, 2.75) is 25.3 Å². The third-order valence-corrected chi connectivity index (χ3v) is 5.16. The smallest absolute Gasteiger partial charge is 0.227 e. The number of thiophene rings is 1. The van der Waals surface area contributed by atoms with Crippen LogP contribution in [0.25, 0.3) is 0 Å². The Bertz CT molecular complexity index is 623. The number of halogens is 2. The summed E-state index contributed by atoms with van der Waals surface area (Å²) >= 11 is 7.67. The molecule has 1 saturated heterocycles. The molecule has 0 radical (unpaired) electrons. The summed E-state index contributed by atoms with van der Waals surface area (Å²) in [5.74, 6) is -0.472. The van der Waals surface area contributed by atoms with Gasteiger partial charge in [0.15, 0.2) is 0 Å². The second kappa shape index (κ2) is 6.16. The quantitative estimate of drug-likeness (QED) is 0.817. The largest absolute Gasteiger partial charge is 0.335 e. The molecule has 1 fully saturated rings. The Hall–Kier alpha value is -1.39. The molecule has 1 aliphatic heterocycles. The lowest BCUT2D eigenvalue weighted by Gasteiger charge is -2.24. The van der Waals surface area contributed by atoms with Gasteiger partial charge >= 0.3 is 0 Å². The van der Waals surface area contributed by atoms with Crippen LogP contribution in [0, 0.1) is 5.82 Å². The van der Waals surface area contributed by atoms with Gasteiger partial charge in [-0.05, 0) is 36.4 Å². The highest BCUT2D eigenvalue weighted by atomic mass is 35.5. The number of amides is 1. The van der Waals surface area contributed by atoms with E-state index in [1.165, 1.54) is 10.9 Å². The standard InChI is InChI=1S/C16H15ClFNOS/c17-12-4-1-5-13(18)11(12)10-16(20)19-8-2-6-14(19)15-7-3-9-21-15/h1,3-5,7,9,14H,2,6,8,10H2. The number of hydrogen-bond donors (Lipinski definition) is 0. The van der Waals surface area contributed by atoms with Crippen LogP contribution in [0.3, 0.4) is 0 Å². The van der Waals surface area contributed by atoms with Crippen molar-refractivity contribution in [2.75, 3.05) is 6.54 Å². The van der Waals surface area contributed by atoms with Crippen LogP contribution in [0.1, 0.15) is 29.3 Å². The molecule has 21 heavy (non-hydrogen) atoms. The fraction of sp³-hybridized carbons (Fsp3) is 0.312. The van der Waals surface area contributed by atoms with E-state index in [2.05, 4.69) is 6.07 Å². The maximum absolute atomic E-state index is 13.8. The molecule has 1 aromatic carbocycles. The minimum absolute atomic E-state index is 0.0212. The van der Waals surface area contributed by atoms with Gasteiger partial charge in [0.25, 0.3) is 0 Å². The summed E-state index contributed by atoms with van der Waals surface area (Å²) in [4.78, 5) is 15.6. The van der Waals surface area contributed by atoms with Crippen molar-refractivity contribution in [3.8, 4) is 0 Å². The van der Waals surface area contributed by atoms with Crippen LogP contribution in [0.15, 0.2) is 35.7 Å². The van der Waals surface area contributed by atoms with Gasteiger partial charge in [-0.1, -0.05) is 23.7 Å². The Morgan fingerprint density at radius 1 is 1.38 bits per heavy atom. The Morgan fingerprint density at radius 3 is 2.95 bits per heavy atom. The van der Waals surface area contributed by atoms with Gasteiger partial charge in [-0.15, -0.1) is 11.3 Å². The van der Waals surface area contributed by atoms with Gasteiger partial charge in [0, 0.05) is 22.0 Å². The third-order valence-electron chi connectivity index (χ3n) is 3.83. The molecule has 1 aromatic heterocycles. The SMILES string of the molecule is O=C(Cc1c(F)cccc1Cl)N1CCCC1c1cccs1. The second-order valence-corrected chi connectivity index (χ2v) is 6.52. The van der Waals surface area contributed by atoms with Gasteiger partial charge in [-0.25, -0.2) is 4.39 Å². The Balaban J connectivity index is 1.79. The highest BCUT2D eigenvalue weighted by molar-refractivity contribution is 7.10. The van der Waals surface area contributed by atoms with Gasteiger partial charge in [0.1, 0.15) is 5.82 Å². The van der Waals surface area contributed by atoms with Crippen molar-refractivity contribution in [3.05, 3.63) is 57.0 Å². The number of likely N-dealkylation sites (tertiary alicyclic amines) is 1. The molecule has 0 aliphatic carbocycles. The van der Waals surface area contributed by atoms with E-state index in [1.54, 1.807) is 23.5 Å². The average molecular weight is 324 g/mol. The van der Waals surface area contributed by atoms with E-state index >= 15 is 0 Å². The van der Waals surface area contributed by atoms with Crippen LogP contribution in [-0.2, 0) is 11.2 Å². The molecule has 0 spiro atoms. The zero-order valence-corrected chi connectivity index (χ0v) is 13.0. The number of benzene rings is 1. The van der Waals surface area contributed by atoms with Gasteiger partial charge in [-0.2, -0.15) is 0 Å². The second-order valence-electron chi connectivity index (χ2n) is 5.14. The van der Waals surface area contributed by atoms with Crippen molar-refractivity contribution >= 4 is 28.8 Å². The van der Waals surface area contributed by atoms with Crippen LogP contribution in [0.5, 0.6) is 0 Å². The van der Waals surface area contributed by atoms with Crippen LogP contribution < -0.4 is 0 Å². The Labute approximate surface area is 132 Å². The molecule has 1 aliphatic rings. The van der Waals surface area contributed by atoms with Gasteiger partial charge in [-0.3, -0.25) is 4.79 Å². The highest BCUT2D eigenvalue weighted by Gasteiger charge is 2.31. The third kappa shape index (κ3) is 2.97. The maximum atomic E-state index is 13.8. The predicted molar refractivity (Wildman–Crippen MR) is 83.1 cm³/mol. The Morgan fingerprint density at radius 2 is 2.24 bits per heavy atom. The fourth-order valence-corrected chi connectivity index (χ4v) is 3.90. The molecule has 0 N–H and O–H groups in total. The first-order valence-electron chi connectivity index (χ1n) is 6.92. The number of nitrogens with zero attached hydrogens (tertiary/aromatic N) is 1. The van der Waals surface area contributed by atoms with E-state index in [0.29, 0.717) is 10.6 Å². The predicted octanol–water partition coefficient (Wildman–Crippen LogP) is 4.45. The number of carbonyl (C=O) groups excluding carboxylic acids is 1. The van der Waals surface area contributed by atoms with E-state index < -0.39 is 5.82 Å². The zero-order chi connectivity index (χ0) is 14.8. The van der Waals surface area contributed by atoms with Crippen molar-refractivity contribution in [3.63, 3.8) is 0 Å². The van der Waals surface area contributed by atoms with Crippen LogP contribution >= 0.6 is 22.9 Å². The van der Waals surface area contributed by atoms with Gasteiger partial charge < -0.3 is 4.90 Å². The Kier molecular flexibility index (Phi) is 4.27.